The summed E-state index contributed by atoms with van der Waals surface area (Å²) < 4.78 is 39.0. The van der Waals surface area contributed by atoms with E-state index in [1.165, 1.54) is 58.9 Å². The largest absolute Gasteiger partial charge is 0.462 e. The Morgan fingerprint density at radius 2 is 1.60 bits per heavy atom. The first-order valence-electron chi connectivity index (χ1n) is 13.2. The van der Waals surface area contributed by atoms with Gasteiger partial charge in [0.15, 0.2) is 0 Å². The van der Waals surface area contributed by atoms with Gasteiger partial charge in [-0.25, -0.2) is 18.6 Å². The number of benzene rings is 3. The Kier molecular flexibility index (Phi) is 11.4. The minimum absolute atomic E-state index is 0.0243. The van der Waals surface area contributed by atoms with Crippen LogP contribution in [-0.2, 0) is 37.4 Å². The topological polar surface area (TPSA) is 147 Å². The molecule has 0 saturated carbocycles. The molecule has 0 spiro atoms. The molecule has 0 saturated heterocycles. The number of hydrogen-bond acceptors (Lipinski definition) is 8. The number of hydrazone groups is 1. The van der Waals surface area contributed by atoms with Gasteiger partial charge in [0.2, 0.25) is 10.0 Å². The summed E-state index contributed by atoms with van der Waals surface area (Å²) in [6.45, 7) is 1.69. The van der Waals surface area contributed by atoms with E-state index in [1.807, 2.05) is 0 Å². The van der Waals surface area contributed by atoms with Crippen molar-refractivity contribution in [1.82, 2.24) is 9.73 Å². The van der Waals surface area contributed by atoms with E-state index in [0.717, 1.165) is 6.21 Å². The van der Waals surface area contributed by atoms with Gasteiger partial charge in [-0.15, -0.1) is 0 Å². The molecule has 3 aromatic carbocycles. The third kappa shape index (κ3) is 9.16. The number of hydrogen-bond donors (Lipinski definition) is 2. The fraction of sp³-hybridized carbons (Fsp3) is 0.133. The van der Waals surface area contributed by atoms with Gasteiger partial charge in [0.05, 0.1) is 39.9 Å². The van der Waals surface area contributed by atoms with Crippen molar-refractivity contribution in [3.05, 3.63) is 117 Å². The number of amides is 2. The van der Waals surface area contributed by atoms with Gasteiger partial charge in [0, 0.05) is 17.3 Å². The van der Waals surface area contributed by atoms with E-state index in [0.29, 0.717) is 21.2 Å². The molecule has 234 valence electrons. The molecule has 0 aliphatic rings. The van der Waals surface area contributed by atoms with Gasteiger partial charge < -0.3 is 14.5 Å². The number of nitrogens with one attached hydrogen (secondary N) is 2. The minimum Gasteiger partial charge on any atom is -0.462 e. The molecule has 0 atom stereocenters. The Bertz CT molecular complexity index is 1830. The highest BCUT2D eigenvalue weighted by molar-refractivity contribution is 7.89. The van der Waals surface area contributed by atoms with Crippen molar-refractivity contribution >= 4 is 74.5 Å². The fourth-order valence-corrected chi connectivity index (χ4v) is 5.68. The molecule has 45 heavy (non-hydrogen) atoms. The quantitative estimate of drug-likeness (QED) is 0.0862. The van der Waals surface area contributed by atoms with E-state index in [4.69, 9.17) is 44.0 Å². The first-order chi connectivity index (χ1) is 21.5. The van der Waals surface area contributed by atoms with Crippen molar-refractivity contribution in [3.8, 4) is 0 Å². The second-order valence-corrected chi connectivity index (χ2v) is 12.4. The second kappa shape index (κ2) is 15.2. The van der Waals surface area contributed by atoms with E-state index < -0.39 is 27.8 Å². The molecule has 1 aromatic heterocycles. The summed E-state index contributed by atoms with van der Waals surface area (Å²) in [6.07, 6.45) is 1.15. The van der Waals surface area contributed by atoms with Gasteiger partial charge in [-0.05, 0) is 85.3 Å². The van der Waals surface area contributed by atoms with Crippen molar-refractivity contribution in [2.45, 2.75) is 24.9 Å². The summed E-state index contributed by atoms with van der Waals surface area (Å²) in [4.78, 5) is 36.2. The van der Waals surface area contributed by atoms with Crippen molar-refractivity contribution in [1.29, 1.82) is 0 Å². The van der Waals surface area contributed by atoms with Crippen molar-refractivity contribution in [3.63, 3.8) is 0 Å². The highest BCUT2D eigenvalue weighted by Crippen LogP contribution is 2.27. The highest BCUT2D eigenvalue weighted by atomic mass is 35.5. The van der Waals surface area contributed by atoms with Crippen LogP contribution in [0.15, 0.2) is 93.3 Å². The van der Waals surface area contributed by atoms with Crippen LogP contribution in [0.2, 0.25) is 15.1 Å². The Hall–Kier alpha value is -4.20. The first kappa shape index (κ1) is 33.7. The minimum atomic E-state index is -4.02. The lowest BCUT2D eigenvalue weighted by Gasteiger charge is -2.22. The van der Waals surface area contributed by atoms with E-state index >= 15 is 0 Å². The third-order valence-electron chi connectivity index (χ3n) is 6.03. The average molecular weight is 692 g/mol. The van der Waals surface area contributed by atoms with Crippen molar-refractivity contribution < 1.29 is 32.0 Å². The monoisotopic (exact) mass is 690 g/mol. The maximum atomic E-state index is 13.6. The van der Waals surface area contributed by atoms with Crippen LogP contribution in [0.4, 0.5) is 5.69 Å². The Labute approximate surface area is 273 Å². The lowest BCUT2D eigenvalue weighted by Crippen LogP contribution is -2.32. The average Bonchev–Trinajstić information content (AvgIpc) is 3.46. The van der Waals surface area contributed by atoms with Gasteiger partial charge in [0.25, 0.3) is 0 Å². The van der Waals surface area contributed by atoms with Crippen LogP contribution in [-0.4, -0.2) is 43.3 Å². The van der Waals surface area contributed by atoms with E-state index in [-0.39, 0.29) is 46.8 Å². The van der Waals surface area contributed by atoms with Crippen LogP contribution in [0.5, 0.6) is 0 Å². The van der Waals surface area contributed by atoms with Crippen LogP contribution >= 0.6 is 34.8 Å². The zero-order valence-electron chi connectivity index (χ0n) is 23.5. The van der Waals surface area contributed by atoms with Gasteiger partial charge in [0.1, 0.15) is 11.5 Å². The SMILES string of the molecule is CCOC(=O)c1ccc(NC(=O)C(=O)N/N=C/c2ccc(CN(Cc3ccc(Cl)c(Cl)c3)S(=O)(=O)c3ccc(Cl)cc3)o2)cc1. The molecule has 0 aliphatic heterocycles. The zero-order chi connectivity index (χ0) is 32.6. The maximum Gasteiger partial charge on any atom is 0.338 e. The number of anilines is 1. The molecule has 2 amide bonds. The molecule has 15 heteroatoms. The molecular formula is C30H25Cl3N4O7S. The van der Waals surface area contributed by atoms with E-state index in [1.54, 1.807) is 31.2 Å². The van der Waals surface area contributed by atoms with Crippen LogP contribution < -0.4 is 10.7 Å². The predicted octanol–water partition coefficient (Wildman–Crippen LogP) is 5.90. The number of nitrogens with zero attached hydrogens (tertiary/aromatic N) is 2. The number of rotatable bonds is 11. The van der Waals surface area contributed by atoms with Crippen LogP contribution in [0, 0.1) is 0 Å². The number of furan rings is 1. The van der Waals surface area contributed by atoms with Crippen molar-refractivity contribution in [2.24, 2.45) is 5.10 Å². The fourth-order valence-electron chi connectivity index (χ4n) is 3.84. The molecule has 0 aliphatic carbocycles. The number of halogens is 3. The molecule has 0 bridgehead atoms. The van der Waals surface area contributed by atoms with Crippen LogP contribution in [0.3, 0.4) is 0 Å². The summed E-state index contributed by atoms with van der Waals surface area (Å²) in [5.41, 5.74) is 3.25. The maximum absolute atomic E-state index is 13.6. The lowest BCUT2D eigenvalue weighted by atomic mass is 10.2. The van der Waals surface area contributed by atoms with E-state index in [2.05, 4.69) is 15.8 Å². The Morgan fingerprint density at radius 1 is 0.889 bits per heavy atom. The number of carbonyl (C=O) groups excluding carboxylic acids is 3. The summed E-state index contributed by atoms with van der Waals surface area (Å²) >= 11 is 18.1. The molecule has 4 rings (SSSR count). The van der Waals surface area contributed by atoms with Gasteiger partial charge >= 0.3 is 17.8 Å². The summed E-state index contributed by atoms with van der Waals surface area (Å²) in [5, 5.41) is 7.11. The summed E-state index contributed by atoms with van der Waals surface area (Å²) in [6, 6.07) is 19.4. The normalized spacial score (nSPS) is 11.5. The smallest absolute Gasteiger partial charge is 0.338 e. The Morgan fingerprint density at radius 3 is 2.27 bits per heavy atom. The number of carbonyl (C=O) groups is 3. The third-order valence-corrected chi connectivity index (χ3v) is 8.82. The molecule has 2 N–H and O–H groups in total. The molecular weight excluding hydrogens is 667 g/mol. The number of ether oxygens (including phenoxy) is 1. The second-order valence-electron chi connectivity index (χ2n) is 9.23. The number of sulfonamides is 1. The molecule has 1 heterocycles. The molecule has 11 nitrogen and oxygen atoms in total. The van der Waals surface area contributed by atoms with Crippen LogP contribution in [0.1, 0.15) is 34.4 Å². The molecule has 4 aromatic rings. The predicted molar refractivity (Wildman–Crippen MR) is 170 cm³/mol. The molecule has 0 fully saturated rings. The highest BCUT2D eigenvalue weighted by Gasteiger charge is 2.26. The first-order valence-corrected chi connectivity index (χ1v) is 15.7. The van der Waals surface area contributed by atoms with Gasteiger partial charge in [-0.2, -0.15) is 9.41 Å². The van der Waals surface area contributed by atoms with Gasteiger partial charge in [-0.3, -0.25) is 9.59 Å². The lowest BCUT2D eigenvalue weighted by molar-refractivity contribution is -0.136. The van der Waals surface area contributed by atoms with Gasteiger partial charge in [-0.1, -0.05) is 40.9 Å². The summed E-state index contributed by atoms with van der Waals surface area (Å²) in [7, 11) is -4.02. The van der Waals surface area contributed by atoms with Crippen molar-refractivity contribution in [2.75, 3.05) is 11.9 Å². The zero-order valence-corrected chi connectivity index (χ0v) is 26.6. The number of esters is 1. The van der Waals surface area contributed by atoms with E-state index in [9.17, 15) is 22.8 Å². The molecule has 0 unspecified atom stereocenters. The molecule has 0 radical (unpaired) electrons. The summed E-state index contributed by atoms with van der Waals surface area (Å²) in [5.74, 6) is -2.12. The standard InChI is InChI=1S/C30H25Cl3N4O7S/c1-2-43-30(40)20-4-8-22(9-5-20)35-28(38)29(39)36-34-16-23-10-11-24(44-23)18-37(17-19-3-14-26(32)27(33)15-19)45(41,42)25-12-6-21(31)7-13-25/h3-16H,2,17-18H2,1H3,(H,35,38)(H,36,39)/b34-16+. The van der Waals surface area contributed by atoms with Crippen LogP contribution in [0.25, 0.3) is 0 Å². The Balaban J connectivity index is 1.41.